The van der Waals surface area contributed by atoms with Crippen molar-refractivity contribution in [3.8, 4) is 0 Å². The highest BCUT2D eigenvalue weighted by atomic mass is 32.1. The molecular weight excluding hydrogens is 294 g/mol. The first-order valence-corrected chi connectivity index (χ1v) is 8.01. The number of ketones is 1. The summed E-state index contributed by atoms with van der Waals surface area (Å²) in [7, 11) is 0. The number of thiocarbonyl (C=S) groups is 1. The number of rotatable bonds is 2. The van der Waals surface area contributed by atoms with Crippen molar-refractivity contribution in [2.24, 2.45) is 21.8 Å². The molecule has 4 nitrogen and oxygen atoms in total. The van der Waals surface area contributed by atoms with Gasteiger partial charge < -0.3 is 5.32 Å². The molecule has 0 unspecified atom stereocenters. The Labute approximate surface area is 136 Å². The Hall–Kier alpha value is -1.75. The van der Waals surface area contributed by atoms with Crippen LogP contribution in [-0.2, 0) is 4.79 Å². The van der Waals surface area contributed by atoms with Crippen LogP contribution < -0.4 is 10.7 Å². The van der Waals surface area contributed by atoms with Crippen molar-refractivity contribution < 1.29 is 4.79 Å². The summed E-state index contributed by atoms with van der Waals surface area (Å²) in [4.78, 5) is 12.6. The van der Waals surface area contributed by atoms with E-state index in [1.54, 1.807) is 0 Å². The van der Waals surface area contributed by atoms with Crippen molar-refractivity contribution in [3.05, 3.63) is 30.3 Å². The van der Waals surface area contributed by atoms with Gasteiger partial charge in [0.2, 0.25) is 0 Å². The number of para-hydroxylation sites is 1. The molecule has 2 bridgehead atoms. The van der Waals surface area contributed by atoms with Crippen LogP contribution in [0.1, 0.15) is 33.6 Å². The molecule has 1 aromatic carbocycles. The zero-order chi connectivity index (χ0) is 16.0. The van der Waals surface area contributed by atoms with Crippen LogP contribution in [0, 0.1) is 16.7 Å². The second-order valence-corrected chi connectivity index (χ2v) is 7.31. The minimum Gasteiger partial charge on any atom is -0.331 e. The molecule has 2 aliphatic carbocycles. The summed E-state index contributed by atoms with van der Waals surface area (Å²) in [6, 6.07) is 9.65. The third-order valence-corrected chi connectivity index (χ3v) is 5.79. The van der Waals surface area contributed by atoms with Gasteiger partial charge in [-0.2, -0.15) is 5.10 Å². The van der Waals surface area contributed by atoms with Gasteiger partial charge in [0.15, 0.2) is 10.9 Å². The topological polar surface area (TPSA) is 53.5 Å². The normalized spacial score (nSPS) is 30.6. The van der Waals surface area contributed by atoms with Crippen LogP contribution >= 0.6 is 12.2 Å². The van der Waals surface area contributed by atoms with Gasteiger partial charge in [-0.25, -0.2) is 0 Å². The summed E-state index contributed by atoms with van der Waals surface area (Å²) in [6.07, 6.45) is 1.98. The predicted octanol–water partition coefficient (Wildman–Crippen LogP) is 3.35. The minimum atomic E-state index is -0.285. The number of nitrogens with zero attached hydrogens (tertiary/aromatic N) is 1. The maximum Gasteiger partial charge on any atom is 0.191 e. The summed E-state index contributed by atoms with van der Waals surface area (Å²) in [5.41, 5.74) is 4.06. The zero-order valence-corrected chi connectivity index (χ0v) is 14.0. The van der Waals surface area contributed by atoms with Gasteiger partial charge in [-0.1, -0.05) is 39.0 Å². The molecule has 2 atom stereocenters. The van der Waals surface area contributed by atoms with E-state index in [1.807, 2.05) is 30.3 Å². The quantitative estimate of drug-likeness (QED) is 0.649. The van der Waals surface area contributed by atoms with E-state index in [1.165, 1.54) is 0 Å². The number of Topliss-reactive ketones (excluding diaryl/α,β-unsaturated/α-hetero) is 1. The molecule has 0 aromatic heterocycles. The number of fused-ring (bicyclic) bond motifs is 2. The van der Waals surface area contributed by atoms with E-state index in [9.17, 15) is 4.79 Å². The highest BCUT2D eigenvalue weighted by Gasteiger charge is 2.65. The summed E-state index contributed by atoms with van der Waals surface area (Å²) in [5.74, 6) is 0.390. The molecule has 1 aromatic rings. The van der Waals surface area contributed by atoms with Gasteiger partial charge >= 0.3 is 0 Å². The largest absolute Gasteiger partial charge is 0.331 e. The lowest BCUT2D eigenvalue weighted by Crippen LogP contribution is -2.34. The second-order valence-electron chi connectivity index (χ2n) is 6.90. The summed E-state index contributed by atoms with van der Waals surface area (Å²) >= 11 is 5.24. The molecule has 0 saturated heterocycles. The van der Waals surface area contributed by atoms with E-state index in [0.717, 1.165) is 18.5 Å². The fourth-order valence-corrected chi connectivity index (χ4v) is 3.91. The Morgan fingerprint density at radius 1 is 1.27 bits per heavy atom. The van der Waals surface area contributed by atoms with Gasteiger partial charge in [0.25, 0.3) is 0 Å². The highest BCUT2D eigenvalue weighted by Crippen LogP contribution is 2.62. The Bertz CT molecular complexity index is 653. The van der Waals surface area contributed by atoms with Crippen LogP contribution in [-0.4, -0.2) is 16.6 Å². The van der Waals surface area contributed by atoms with Crippen molar-refractivity contribution in [2.45, 2.75) is 33.6 Å². The van der Waals surface area contributed by atoms with Gasteiger partial charge in [-0.3, -0.25) is 10.2 Å². The fraction of sp³-hybridized carbons (Fsp3) is 0.471. The van der Waals surface area contributed by atoms with Gasteiger partial charge in [-0.05, 0) is 42.6 Å². The van der Waals surface area contributed by atoms with Crippen LogP contribution in [0.3, 0.4) is 0 Å². The van der Waals surface area contributed by atoms with Gasteiger partial charge in [-0.15, -0.1) is 0 Å². The molecule has 2 aliphatic rings. The van der Waals surface area contributed by atoms with E-state index < -0.39 is 0 Å². The van der Waals surface area contributed by atoms with Crippen molar-refractivity contribution >= 4 is 34.5 Å². The van der Waals surface area contributed by atoms with Crippen molar-refractivity contribution in [1.82, 2.24) is 5.43 Å². The molecule has 2 N–H and O–H groups in total. The van der Waals surface area contributed by atoms with Gasteiger partial charge in [0.05, 0.1) is 0 Å². The predicted molar refractivity (Wildman–Crippen MR) is 92.9 cm³/mol. The molecule has 116 valence electrons. The first-order chi connectivity index (χ1) is 10.4. The number of anilines is 1. The second kappa shape index (κ2) is 5.16. The molecule has 0 heterocycles. The lowest BCUT2D eigenvalue weighted by atomic mass is 9.70. The molecule has 22 heavy (non-hydrogen) atoms. The number of benzene rings is 1. The van der Waals surface area contributed by atoms with Crippen LogP contribution in [0.25, 0.3) is 0 Å². The van der Waals surface area contributed by atoms with E-state index in [-0.39, 0.29) is 22.5 Å². The van der Waals surface area contributed by atoms with Crippen LogP contribution in [0.4, 0.5) is 5.69 Å². The summed E-state index contributed by atoms with van der Waals surface area (Å²) < 4.78 is 0. The third kappa shape index (κ3) is 2.15. The lowest BCUT2D eigenvalue weighted by molar-refractivity contribution is -0.123. The maximum atomic E-state index is 12.6. The van der Waals surface area contributed by atoms with Crippen molar-refractivity contribution in [1.29, 1.82) is 0 Å². The number of carbonyl (C=O) groups is 1. The molecule has 0 aliphatic heterocycles. The van der Waals surface area contributed by atoms with Crippen LogP contribution in [0.15, 0.2) is 35.4 Å². The lowest BCUT2D eigenvalue weighted by Gasteiger charge is -2.31. The van der Waals surface area contributed by atoms with Crippen LogP contribution in [0.5, 0.6) is 0 Å². The number of hydrogen-bond acceptors (Lipinski definition) is 3. The van der Waals surface area contributed by atoms with E-state index in [4.69, 9.17) is 12.2 Å². The maximum absolute atomic E-state index is 12.6. The minimum absolute atomic E-state index is 0.0287. The average Bonchev–Trinajstić information content (AvgIpc) is 2.79. The van der Waals surface area contributed by atoms with Crippen molar-refractivity contribution in [3.63, 3.8) is 0 Å². The molecule has 0 amide bonds. The molecule has 2 fully saturated rings. The SMILES string of the molecule is CC1(C)[C@@H]2CC[C@@]1(C)C(=O)/C2=N\NC(=S)Nc1ccccc1. The first kappa shape index (κ1) is 15.2. The van der Waals surface area contributed by atoms with Gasteiger partial charge in [0, 0.05) is 17.0 Å². The molecular formula is C17H21N3OS. The average molecular weight is 315 g/mol. The fourth-order valence-electron chi connectivity index (χ4n) is 3.75. The molecule has 3 rings (SSSR count). The summed E-state index contributed by atoms with van der Waals surface area (Å²) in [5, 5.41) is 7.79. The van der Waals surface area contributed by atoms with E-state index in [0.29, 0.717) is 10.8 Å². The van der Waals surface area contributed by atoms with Crippen LogP contribution in [0.2, 0.25) is 0 Å². The Kier molecular flexibility index (Phi) is 3.56. The smallest absolute Gasteiger partial charge is 0.191 e. The standard InChI is InChI=1S/C17H21N3OS/c1-16(2)12-9-10-17(16,3)14(21)13(12)19-20-15(22)18-11-7-5-4-6-8-11/h4-8,12H,9-10H2,1-3H3,(H2,18,20,22)/b19-13-/t12-,17+/m1/s1. The molecule has 5 heteroatoms. The Balaban J connectivity index is 1.72. The number of hydrogen-bond donors (Lipinski definition) is 2. The third-order valence-electron chi connectivity index (χ3n) is 5.60. The Morgan fingerprint density at radius 3 is 2.55 bits per heavy atom. The van der Waals surface area contributed by atoms with Crippen molar-refractivity contribution in [2.75, 3.05) is 5.32 Å². The number of hydrazone groups is 1. The highest BCUT2D eigenvalue weighted by molar-refractivity contribution is 7.80. The van der Waals surface area contributed by atoms with Gasteiger partial charge in [0.1, 0.15) is 5.71 Å². The zero-order valence-electron chi connectivity index (χ0n) is 13.1. The summed E-state index contributed by atoms with van der Waals surface area (Å²) in [6.45, 7) is 6.41. The first-order valence-electron chi connectivity index (χ1n) is 7.61. The van der Waals surface area contributed by atoms with E-state index in [2.05, 4.69) is 36.6 Å². The number of nitrogens with one attached hydrogen (secondary N) is 2. The molecule has 0 spiro atoms. The molecule has 0 radical (unpaired) electrons. The Morgan fingerprint density at radius 2 is 1.95 bits per heavy atom. The van der Waals surface area contributed by atoms with E-state index >= 15 is 0 Å². The monoisotopic (exact) mass is 315 g/mol. The number of carbonyl (C=O) groups excluding carboxylic acids is 1. The molecule has 2 saturated carbocycles.